The summed E-state index contributed by atoms with van der Waals surface area (Å²) in [6.45, 7) is 0.379. The maximum atomic E-state index is 12.5. The summed E-state index contributed by atoms with van der Waals surface area (Å²) >= 11 is 0. The molecule has 0 aliphatic carbocycles. The lowest BCUT2D eigenvalue weighted by Gasteiger charge is -2.12. The maximum absolute atomic E-state index is 12.5. The first-order valence-electron chi connectivity index (χ1n) is 4.92. The van der Waals surface area contributed by atoms with E-state index < -0.39 is 23.3 Å². The molecule has 1 N–H and O–H groups in total. The maximum Gasteiger partial charge on any atom is 0.417 e. The number of alkyl halides is 3. The predicted octanol–water partition coefficient (Wildman–Crippen LogP) is 2.43. The topological polar surface area (TPSA) is 55.8 Å². The van der Waals surface area contributed by atoms with Crippen molar-refractivity contribution in [2.75, 3.05) is 20.3 Å². The molecule has 0 atom stereocenters. The van der Waals surface area contributed by atoms with Crippen LogP contribution in [0.4, 0.5) is 13.2 Å². The van der Waals surface area contributed by atoms with Crippen molar-refractivity contribution in [3.63, 3.8) is 0 Å². The Morgan fingerprint density at radius 1 is 1.33 bits per heavy atom. The Labute approximate surface area is 101 Å². The molecule has 1 rings (SSSR count). The zero-order valence-corrected chi connectivity index (χ0v) is 9.45. The van der Waals surface area contributed by atoms with Crippen molar-refractivity contribution in [1.82, 2.24) is 0 Å². The van der Waals surface area contributed by atoms with E-state index in [0.29, 0.717) is 6.07 Å². The number of halogens is 3. The average Bonchev–Trinajstić information content (AvgIpc) is 2.27. The number of carbonyl (C=O) groups is 1. The van der Waals surface area contributed by atoms with Gasteiger partial charge in [0.15, 0.2) is 0 Å². The number of carboxylic acid groups (broad SMARTS) is 1. The SMILES string of the molecule is COCCOc1ccc(C(F)(F)F)c(C(=O)O)c1. The van der Waals surface area contributed by atoms with Crippen molar-refractivity contribution in [2.24, 2.45) is 0 Å². The van der Waals surface area contributed by atoms with Crippen molar-refractivity contribution in [1.29, 1.82) is 0 Å². The van der Waals surface area contributed by atoms with Gasteiger partial charge in [-0.05, 0) is 18.2 Å². The number of rotatable bonds is 5. The minimum atomic E-state index is -4.71. The van der Waals surface area contributed by atoms with Gasteiger partial charge < -0.3 is 14.6 Å². The van der Waals surface area contributed by atoms with Gasteiger partial charge in [-0.25, -0.2) is 4.79 Å². The van der Waals surface area contributed by atoms with E-state index in [2.05, 4.69) is 0 Å². The molecule has 0 aliphatic heterocycles. The fourth-order valence-electron chi connectivity index (χ4n) is 1.28. The van der Waals surface area contributed by atoms with Crippen LogP contribution in [0.25, 0.3) is 0 Å². The minimum absolute atomic E-state index is 0.0532. The third kappa shape index (κ3) is 3.63. The Balaban J connectivity index is 3.01. The highest BCUT2D eigenvalue weighted by Gasteiger charge is 2.35. The van der Waals surface area contributed by atoms with Crippen molar-refractivity contribution >= 4 is 5.97 Å². The molecule has 0 aliphatic rings. The molecule has 0 bridgehead atoms. The summed E-state index contributed by atoms with van der Waals surface area (Å²) < 4.78 is 47.3. The van der Waals surface area contributed by atoms with Crippen LogP contribution in [-0.4, -0.2) is 31.4 Å². The average molecular weight is 264 g/mol. The summed E-state index contributed by atoms with van der Waals surface area (Å²) in [6, 6.07) is 2.61. The van der Waals surface area contributed by atoms with Crippen LogP contribution >= 0.6 is 0 Å². The molecule has 0 aromatic heterocycles. The summed E-state index contributed by atoms with van der Waals surface area (Å²) in [5.74, 6) is -1.60. The normalized spacial score (nSPS) is 11.3. The molecule has 1 aromatic rings. The Bertz CT molecular complexity index is 429. The molecule has 0 saturated carbocycles. The predicted molar refractivity (Wildman–Crippen MR) is 55.8 cm³/mol. The first-order valence-corrected chi connectivity index (χ1v) is 4.92. The van der Waals surface area contributed by atoms with Crippen molar-refractivity contribution < 1.29 is 32.5 Å². The highest BCUT2D eigenvalue weighted by Crippen LogP contribution is 2.33. The summed E-state index contributed by atoms with van der Waals surface area (Å²) in [7, 11) is 1.44. The van der Waals surface area contributed by atoms with Crippen LogP contribution < -0.4 is 4.74 Å². The van der Waals surface area contributed by atoms with E-state index in [1.54, 1.807) is 0 Å². The van der Waals surface area contributed by atoms with E-state index in [1.807, 2.05) is 0 Å². The number of hydrogen-bond donors (Lipinski definition) is 1. The molecule has 18 heavy (non-hydrogen) atoms. The fraction of sp³-hybridized carbons (Fsp3) is 0.364. The lowest BCUT2D eigenvalue weighted by Crippen LogP contribution is -2.13. The second kappa shape index (κ2) is 5.72. The van der Waals surface area contributed by atoms with E-state index in [9.17, 15) is 18.0 Å². The summed E-state index contributed by atoms with van der Waals surface area (Å²) in [5, 5.41) is 8.74. The zero-order valence-electron chi connectivity index (χ0n) is 9.45. The highest BCUT2D eigenvalue weighted by atomic mass is 19.4. The van der Waals surface area contributed by atoms with Crippen molar-refractivity contribution in [2.45, 2.75) is 6.18 Å². The molecule has 0 heterocycles. The first kappa shape index (κ1) is 14.3. The first-order chi connectivity index (χ1) is 8.36. The van der Waals surface area contributed by atoms with Crippen LogP contribution in [0.5, 0.6) is 5.75 Å². The van der Waals surface area contributed by atoms with E-state index in [4.69, 9.17) is 14.6 Å². The van der Waals surface area contributed by atoms with E-state index in [1.165, 1.54) is 7.11 Å². The molecule has 0 radical (unpaired) electrons. The number of benzene rings is 1. The van der Waals surface area contributed by atoms with Gasteiger partial charge in [0.05, 0.1) is 17.7 Å². The monoisotopic (exact) mass is 264 g/mol. The van der Waals surface area contributed by atoms with Crippen LogP contribution in [-0.2, 0) is 10.9 Å². The van der Waals surface area contributed by atoms with Gasteiger partial charge in [-0.3, -0.25) is 0 Å². The number of hydrogen-bond acceptors (Lipinski definition) is 3. The molecule has 0 fully saturated rings. The van der Waals surface area contributed by atoms with Gasteiger partial charge in [-0.2, -0.15) is 13.2 Å². The molecule has 4 nitrogen and oxygen atoms in total. The Morgan fingerprint density at radius 3 is 2.50 bits per heavy atom. The number of methoxy groups -OCH3 is 1. The second-order valence-electron chi connectivity index (χ2n) is 3.35. The third-order valence-corrected chi connectivity index (χ3v) is 2.08. The van der Waals surface area contributed by atoms with Crippen LogP contribution in [0.15, 0.2) is 18.2 Å². The fourth-order valence-corrected chi connectivity index (χ4v) is 1.28. The molecule has 0 spiro atoms. The molecule has 1 aromatic carbocycles. The molecule has 0 amide bonds. The molecule has 100 valence electrons. The van der Waals surface area contributed by atoms with E-state index >= 15 is 0 Å². The van der Waals surface area contributed by atoms with Crippen LogP contribution in [0.3, 0.4) is 0 Å². The van der Waals surface area contributed by atoms with Crippen LogP contribution in [0, 0.1) is 0 Å². The lowest BCUT2D eigenvalue weighted by atomic mass is 10.1. The molecule has 0 saturated heterocycles. The van der Waals surface area contributed by atoms with Crippen molar-refractivity contribution in [3.05, 3.63) is 29.3 Å². The van der Waals surface area contributed by atoms with Gasteiger partial charge in [-0.15, -0.1) is 0 Å². The van der Waals surface area contributed by atoms with Crippen LogP contribution in [0.1, 0.15) is 15.9 Å². The van der Waals surface area contributed by atoms with Gasteiger partial charge in [-0.1, -0.05) is 0 Å². The van der Waals surface area contributed by atoms with Crippen LogP contribution in [0.2, 0.25) is 0 Å². The molecule has 7 heteroatoms. The van der Waals surface area contributed by atoms with E-state index in [0.717, 1.165) is 12.1 Å². The largest absolute Gasteiger partial charge is 0.491 e. The summed E-state index contributed by atoms with van der Waals surface area (Å²) in [5.41, 5.74) is -2.04. The minimum Gasteiger partial charge on any atom is -0.491 e. The van der Waals surface area contributed by atoms with Gasteiger partial charge >= 0.3 is 12.1 Å². The number of aromatic carboxylic acids is 1. The second-order valence-corrected chi connectivity index (χ2v) is 3.35. The van der Waals surface area contributed by atoms with Gasteiger partial charge in [0, 0.05) is 7.11 Å². The molecular weight excluding hydrogens is 253 g/mol. The highest BCUT2D eigenvalue weighted by molar-refractivity contribution is 5.90. The third-order valence-electron chi connectivity index (χ3n) is 2.08. The quantitative estimate of drug-likeness (QED) is 0.830. The van der Waals surface area contributed by atoms with E-state index in [-0.39, 0.29) is 19.0 Å². The summed E-state index contributed by atoms with van der Waals surface area (Å²) in [6.07, 6.45) is -4.71. The van der Waals surface area contributed by atoms with Gasteiger partial charge in [0.25, 0.3) is 0 Å². The Hall–Kier alpha value is -1.76. The van der Waals surface area contributed by atoms with Crippen molar-refractivity contribution in [3.8, 4) is 5.75 Å². The smallest absolute Gasteiger partial charge is 0.417 e. The Kier molecular flexibility index (Phi) is 4.55. The lowest BCUT2D eigenvalue weighted by molar-refractivity contribution is -0.138. The van der Waals surface area contributed by atoms with Gasteiger partial charge in [0.2, 0.25) is 0 Å². The molecule has 0 unspecified atom stereocenters. The summed E-state index contributed by atoms with van der Waals surface area (Å²) in [4.78, 5) is 10.8. The Morgan fingerprint density at radius 2 is 2.00 bits per heavy atom. The van der Waals surface area contributed by atoms with Gasteiger partial charge in [0.1, 0.15) is 12.4 Å². The number of ether oxygens (including phenoxy) is 2. The number of carboxylic acids is 1. The molecular formula is C11H11F3O4. The standard InChI is InChI=1S/C11H11F3O4/c1-17-4-5-18-7-2-3-9(11(12,13)14)8(6-7)10(15)16/h2-3,6H,4-5H2,1H3,(H,15,16). The zero-order chi connectivity index (χ0) is 13.8.